The monoisotopic (exact) mass is 275 g/mol. The molecular formula is C10H17N3O4S. The van der Waals surface area contributed by atoms with Gasteiger partial charge in [0.05, 0.1) is 6.33 Å². The van der Waals surface area contributed by atoms with Crippen LogP contribution in [0, 0.1) is 0 Å². The van der Waals surface area contributed by atoms with Gasteiger partial charge in [0.1, 0.15) is 6.54 Å². The Morgan fingerprint density at radius 2 is 2.17 bits per heavy atom. The molecule has 0 fully saturated rings. The third kappa shape index (κ3) is 3.08. The summed E-state index contributed by atoms with van der Waals surface area (Å²) in [5.41, 5.74) is 0. The van der Waals surface area contributed by atoms with Gasteiger partial charge in [0.2, 0.25) is 0 Å². The molecule has 0 atom stereocenters. The van der Waals surface area contributed by atoms with Crippen molar-refractivity contribution in [3.05, 3.63) is 12.5 Å². The molecule has 18 heavy (non-hydrogen) atoms. The van der Waals surface area contributed by atoms with Crippen LogP contribution in [-0.2, 0) is 21.4 Å². The van der Waals surface area contributed by atoms with Gasteiger partial charge in [0.25, 0.3) is 10.0 Å². The normalized spacial score (nSPS) is 12.3. The summed E-state index contributed by atoms with van der Waals surface area (Å²) < 4.78 is 27.0. The van der Waals surface area contributed by atoms with Crippen molar-refractivity contribution < 1.29 is 18.3 Å². The lowest BCUT2D eigenvalue weighted by atomic mass is 10.4. The second-order valence-corrected chi connectivity index (χ2v) is 5.92. The number of rotatable bonds is 6. The second kappa shape index (κ2) is 5.49. The van der Waals surface area contributed by atoms with Crippen molar-refractivity contribution in [3.63, 3.8) is 0 Å². The lowest BCUT2D eigenvalue weighted by Gasteiger charge is -2.22. The van der Waals surface area contributed by atoms with E-state index >= 15 is 0 Å². The van der Waals surface area contributed by atoms with Gasteiger partial charge in [-0.1, -0.05) is 0 Å². The highest BCUT2D eigenvalue weighted by atomic mass is 32.2. The Bertz CT molecular complexity index is 521. The fraction of sp³-hybridized carbons (Fsp3) is 0.600. The first-order valence-corrected chi connectivity index (χ1v) is 6.98. The van der Waals surface area contributed by atoms with Gasteiger partial charge < -0.3 is 9.67 Å². The summed E-state index contributed by atoms with van der Waals surface area (Å²) in [7, 11) is -3.86. The summed E-state index contributed by atoms with van der Waals surface area (Å²) >= 11 is 0. The van der Waals surface area contributed by atoms with Crippen molar-refractivity contribution in [1.82, 2.24) is 13.9 Å². The lowest BCUT2D eigenvalue weighted by Crippen LogP contribution is -2.40. The predicted octanol–water partition coefficient (Wildman–Crippen LogP) is 0.387. The Balaban J connectivity index is 3.12. The molecule has 1 heterocycles. The quantitative estimate of drug-likeness (QED) is 0.810. The molecule has 0 aliphatic heterocycles. The van der Waals surface area contributed by atoms with Crippen LogP contribution < -0.4 is 0 Å². The molecule has 8 heteroatoms. The van der Waals surface area contributed by atoms with Crippen molar-refractivity contribution in [2.45, 2.75) is 38.4 Å². The summed E-state index contributed by atoms with van der Waals surface area (Å²) in [5, 5.41) is 8.64. The van der Waals surface area contributed by atoms with Gasteiger partial charge >= 0.3 is 5.97 Å². The van der Waals surface area contributed by atoms with Crippen LogP contribution in [0.5, 0.6) is 0 Å². The van der Waals surface area contributed by atoms with Gasteiger partial charge in [-0.2, -0.15) is 4.31 Å². The van der Waals surface area contributed by atoms with Crippen LogP contribution in [0.3, 0.4) is 0 Å². The van der Waals surface area contributed by atoms with E-state index in [1.807, 2.05) is 6.92 Å². The van der Waals surface area contributed by atoms with E-state index in [-0.39, 0.29) is 5.03 Å². The predicted molar refractivity (Wildman–Crippen MR) is 64.6 cm³/mol. The summed E-state index contributed by atoms with van der Waals surface area (Å²) in [5.74, 6) is -1.19. The van der Waals surface area contributed by atoms with Crippen molar-refractivity contribution >= 4 is 16.0 Å². The molecule has 0 spiro atoms. The molecule has 0 saturated heterocycles. The molecule has 0 saturated carbocycles. The molecule has 0 bridgehead atoms. The third-order valence-electron chi connectivity index (χ3n) is 2.41. The Morgan fingerprint density at radius 1 is 1.56 bits per heavy atom. The Labute approximate surface area is 106 Å². The molecule has 7 nitrogen and oxygen atoms in total. The number of imidazole rings is 1. The van der Waals surface area contributed by atoms with Gasteiger partial charge in [-0.15, -0.1) is 0 Å². The number of carboxylic acids is 1. The summed E-state index contributed by atoms with van der Waals surface area (Å²) in [6, 6.07) is -0.446. The minimum absolute atomic E-state index is 0.126. The van der Waals surface area contributed by atoms with Crippen LogP contribution >= 0.6 is 0 Å². The first kappa shape index (κ1) is 14.7. The summed E-state index contributed by atoms with van der Waals surface area (Å²) in [4.78, 5) is 14.5. The van der Waals surface area contributed by atoms with Crippen LogP contribution in [0.25, 0.3) is 0 Å². The Hall–Kier alpha value is -1.41. The van der Waals surface area contributed by atoms with Gasteiger partial charge in [0, 0.05) is 18.8 Å². The maximum atomic E-state index is 12.2. The number of aromatic nitrogens is 2. The molecule has 102 valence electrons. The smallest absolute Gasteiger partial charge is 0.318 e. The second-order valence-electron chi connectivity index (χ2n) is 4.08. The zero-order valence-corrected chi connectivity index (χ0v) is 11.4. The highest BCUT2D eigenvalue weighted by Gasteiger charge is 2.30. The first-order chi connectivity index (χ1) is 8.28. The third-order valence-corrected chi connectivity index (χ3v) is 4.32. The number of sulfonamides is 1. The standard InChI is InChI=1S/C10H17N3O4S/c1-4-12-5-9(11-7-12)18(16,17)13(8(2)3)6-10(14)15/h5,7-8H,4,6H2,1-3H3,(H,14,15). The van der Waals surface area contributed by atoms with E-state index in [0.717, 1.165) is 4.31 Å². The van der Waals surface area contributed by atoms with E-state index in [2.05, 4.69) is 4.98 Å². The van der Waals surface area contributed by atoms with E-state index in [1.54, 1.807) is 18.4 Å². The van der Waals surface area contributed by atoms with Crippen molar-refractivity contribution in [2.75, 3.05) is 6.54 Å². The molecule has 1 aromatic heterocycles. The number of nitrogens with zero attached hydrogens (tertiary/aromatic N) is 3. The van der Waals surface area contributed by atoms with Crippen molar-refractivity contribution in [1.29, 1.82) is 0 Å². The van der Waals surface area contributed by atoms with E-state index in [1.165, 1.54) is 12.5 Å². The van der Waals surface area contributed by atoms with Crippen LogP contribution in [-0.4, -0.2) is 45.9 Å². The molecule has 0 aromatic carbocycles. The molecule has 0 radical (unpaired) electrons. The highest BCUT2D eigenvalue weighted by molar-refractivity contribution is 7.89. The van der Waals surface area contributed by atoms with E-state index in [0.29, 0.717) is 6.54 Å². The minimum atomic E-state index is -3.86. The van der Waals surface area contributed by atoms with Gasteiger partial charge in [-0.05, 0) is 20.8 Å². The Kier molecular flexibility index (Phi) is 4.47. The van der Waals surface area contributed by atoms with Crippen LogP contribution in [0.2, 0.25) is 0 Å². The van der Waals surface area contributed by atoms with Crippen LogP contribution in [0.4, 0.5) is 0 Å². The number of carbonyl (C=O) groups is 1. The zero-order valence-electron chi connectivity index (χ0n) is 10.6. The molecule has 0 amide bonds. The van der Waals surface area contributed by atoms with Gasteiger partial charge in [-0.25, -0.2) is 13.4 Å². The van der Waals surface area contributed by atoms with E-state index < -0.39 is 28.6 Å². The van der Waals surface area contributed by atoms with Gasteiger partial charge in [-0.3, -0.25) is 4.79 Å². The van der Waals surface area contributed by atoms with Crippen molar-refractivity contribution in [3.8, 4) is 0 Å². The highest BCUT2D eigenvalue weighted by Crippen LogP contribution is 2.16. The fourth-order valence-electron chi connectivity index (χ4n) is 1.44. The van der Waals surface area contributed by atoms with E-state index in [9.17, 15) is 13.2 Å². The lowest BCUT2D eigenvalue weighted by molar-refractivity contribution is -0.137. The van der Waals surface area contributed by atoms with Crippen LogP contribution in [0.1, 0.15) is 20.8 Å². The number of carboxylic acid groups (broad SMARTS) is 1. The number of aliphatic carboxylic acids is 1. The zero-order chi connectivity index (χ0) is 13.9. The number of hydrogen-bond donors (Lipinski definition) is 1. The van der Waals surface area contributed by atoms with Gasteiger partial charge in [0.15, 0.2) is 5.03 Å². The maximum absolute atomic E-state index is 12.2. The Morgan fingerprint density at radius 3 is 2.56 bits per heavy atom. The van der Waals surface area contributed by atoms with Crippen LogP contribution in [0.15, 0.2) is 17.6 Å². The molecule has 0 unspecified atom stereocenters. The number of aryl methyl sites for hydroxylation is 1. The molecule has 0 aliphatic carbocycles. The molecule has 1 rings (SSSR count). The van der Waals surface area contributed by atoms with E-state index in [4.69, 9.17) is 5.11 Å². The minimum Gasteiger partial charge on any atom is -0.480 e. The average Bonchev–Trinajstić information content (AvgIpc) is 2.74. The molecular weight excluding hydrogens is 258 g/mol. The fourth-order valence-corrected chi connectivity index (χ4v) is 2.97. The summed E-state index contributed by atoms with van der Waals surface area (Å²) in [6.07, 6.45) is 2.80. The average molecular weight is 275 g/mol. The maximum Gasteiger partial charge on any atom is 0.318 e. The topological polar surface area (TPSA) is 92.5 Å². The first-order valence-electron chi connectivity index (χ1n) is 5.54. The molecule has 1 N–H and O–H groups in total. The molecule has 0 aliphatic rings. The molecule has 1 aromatic rings. The number of hydrogen-bond acceptors (Lipinski definition) is 4. The SMILES string of the molecule is CCn1cnc(S(=O)(=O)N(CC(=O)O)C(C)C)c1. The van der Waals surface area contributed by atoms with Crippen molar-refractivity contribution in [2.24, 2.45) is 0 Å². The largest absolute Gasteiger partial charge is 0.480 e. The summed E-state index contributed by atoms with van der Waals surface area (Å²) in [6.45, 7) is 5.13.